The molecule has 4 N–H and O–H groups in total. The molecule has 0 saturated heterocycles. The van der Waals surface area contributed by atoms with Gasteiger partial charge in [0.1, 0.15) is 0 Å². The van der Waals surface area contributed by atoms with Gasteiger partial charge in [0.15, 0.2) is 0 Å². The van der Waals surface area contributed by atoms with Crippen molar-refractivity contribution >= 4 is 0 Å². The summed E-state index contributed by atoms with van der Waals surface area (Å²) in [6, 6.07) is 1.06. The normalized spacial score (nSPS) is 21.2. The lowest BCUT2D eigenvalue weighted by Gasteiger charge is -2.32. The molecule has 1 saturated carbocycles. The topological polar surface area (TPSA) is 58.3 Å². The van der Waals surface area contributed by atoms with Crippen molar-refractivity contribution in [3.8, 4) is 0 Å². The first-order chi connectivity index (χ1) is 9.71. The van der Waals surface area contributed by atoms with Gasteiger partial charge in [-0.05, 0) is 44.4 Å². The van der Waals surface area contributed by atoms with Crippen LogP contribution in [0, 0.1) is 5.92 Å². The van der Waals surface area contributed by atoms with Gasteiger partial charge in [-0.3, -0.25) is 0 Å². The van der Waals surface area contributed by atoms with Gasteiger partial charge >= 0.3 is 0 Å². The smallest absolute Gasteiger partial charge is 0.0477 e. The second kappa shape index (κ2) is 10.0. The van der Waals surface area contributed by atoms with Crippen LogP contribution in [-0.2, 0) is 0 Å². The molecule has 116 valence electrons. The predicted octanol–water partition coefficient (Wildman–Crippen LogP) is 3.10. The number of nitrogens with one attached hydrogen (secondary N) is 1. The Bertz CT molecular complexity index is 306. The zero-order valence-electron chi connectivity index (χ0n) is 13.1. The predicted molar refractivity (Wildman–Crippen MR) is 86.4 cm³/mol. The van der Waals surface area contributed by atoms with Gasteiger partial charge in [0.05, 0.1) is 0 Å². The number of rotatable bonds is 8. The maximum atomic E-state index is 9.67. The first-order valence-electron chi connectivity index (χ1n) is 8.13. The Morgan fingerprint density at radius 2 is 2.05 bits per heavy atom. The third-order valence-corrected chi connectivity index (χ3v) is 4.38. The lowest BCUT2D eigenvalue weighted by molar-refractivity contribution is 0.173. The van der Waals surface area contributed by atoms with Crippen LogP contribution in [0.25, 0.3) is 0 Å². The zero-order valence-corrected chi connectivity index (χ0v) is 13.1. The van der Waals surface area contributed by atoms with E-state index < -0.39 is 0 Å². The van der Waals surface area contributed by atoms with Crippen LogP contribution in [0.3, 0.4) is 0 Å². The monoisotopic (exact) mass is 280 g/mol. The Labute approximate surface area is 124 Å². The molecule has 3 nitrogen and oxygen atoms in total. The second-order valence-electron chi connectivity index (χ2n) is 6.01. The highest BCUT2D eigenvalue weighted by Gasteiger charge is 2.22. The van der Waals surface area contributed by atoms with E-state index in [1.54, 1.807) is 6.20 Å². The molecule has 20 heavy (non-hydrogen) atoms. The first kappa shape index (κ1) is 17.3. The van der Waals surface area contributed by atoms with Crippen molar-refractivity contribution in [3.63, 3.8) is 0 Å². The maximum absolute atomic E-state index is 9.67. The van der Waals surface area contributed by atoms with Crippen LogP contribution >= 0.6 is 0 Å². The summed E-state index contributed by atoms with van der Waals surface area (Å²) < 4.78 is 0. The van der Waals surface area contributed by atoms with Crippen LogP contribution in [0.4, 0.5) is 0 Å². The highest BCUT2D eigenvalue weighted by Crippen LogP contribution is 2.21. The molecule has 0 spiro atoms. The van der Waals surface area contributed by atoms with E-state index in [-0.39, 0.29) is 6.61 Å². The van der Waals surface area contributed by atoms with E-state index >= 15 is 0 Å². The van der Waals surface area contributed by atoms with Crippen molar-refractivity contribution in [3.05, 3.63) is 23.9 Å². The minimum absolute atomic E-state index is 0.244. The molecule has 0 aliphatic heterocycles. The average Bonchev–Trinajstić information content (AvgIpc) is 2.50. The van der Waals surface area contributed by atoms with Crippen molar-refractivity contribution in [2.75, 3.05) is 6.61 Å². The van der Waals surface area contributed by atoms with Gasteiger partial charge in [0.25, 0.3) is 0 Å². The fraction of sp³-hybridized carbons (Fsp3) is 0.765. The molecule has 0 bridgehead atoms. The molecule has 0 amide bonds. The summed E-state index contributed by atoms with van der Waals surface area (Å²) in [4.78, 5) is 0. The minimum Gasteiger partial charge on any atom is -0.404 e. The van der Waals surface area contributed by atoms with Crippen LogP contribution in [0.1, 0.15) is 58.8 Å². The van der Waals surface area contributed by atoms with E-state index in [4.69, 9.17) is 5.73 Å². The van der Waals surface area contributed by atoms with E-state index in [0.717, 1.165) is 18.4 Å². The molecule has 1 fully saturated rings. The molecule has 3 heteroatoms. The Kier molecular flexibility index (Phi) is 8.63. The fourth-order valence-electron chi connectivity index (χ4n) is 3.01. The molecule has 0 heterocycles. The van der Waals surface area contributed by atoms with E-state index in [0.29, 0.717) is 18.0 Å². The number of nitrogens with two attached hydrogens (primary N) is 1. The van der Waals surface area contributed by atoms with Crippen molar-refractivity contribution < 1.29 is 5.11 Å². The first-order valence-corrected chi connectivity index (χ1v) is 8.13. The molecule has 1 aliphatic rings. The summed E-state index contributed by atoms with van der Waals surface area (Å²) in [6.07, 6.45) is 14.4. The highest BCUT2D eigenvalue weighted by atomic mass is 16.3. The Hall–Kier alpha value is -0.800. The summed E-state index contributed by atoms with van der Waals surface area (Å²) in [5.41, 5.74) is 6.52. The average molecular weight is 280 g/mol. The van der Waals surface area contributed by atoms with Gasteiger partial charge in [-0.2, -0.15) is 0 Å². The highest BCUT2D eigenvalue weighted by molar-refractivity contribution is 5.14. The second-order valence-corrected chi connectivity index (χ2v) is 6.01. The number of aliphatic hydroxyl groups is 1. The summed E-state index contributed by atoms with van der Waals surface area (Å²) in [6.45, 7) is 4.44. The molecule has 0 aromatic heterocycles. The van der Waals surface area contributed by atoms with E-state index in [9.17, 15) is 5.11 Å². The maximum Gasteiger partial charge on any atom is 0.0477 e. The van der Waals surface area contributed by atoms with Gasteiger partial charge < -0.3 is 16.2 Å². The standard InChI is InChI=1S/C17H32N2O/c1-3-17(19-16-10-5-4-6-11-16)15(13-20)9-7-8-14(2)12-18/h7-8,12,15-17,19-20H,3-6,9-11,13,18H2,1-2H3/b8-7-,14-12-. The minimum atomic E-state index is 0.244. The van der Waals surface area contributed by atoms with E-state index in [1.165, 1.54) is 32.1 Å². The summed E-state index contributed by atoms with van der Waals surface area (Å²) in [5.74, 6) is 0.295. The van der Waals surface area contributed by atoms with Crippen LogP contribution in [-0.4, -0.2) is 23.8 Å². The fourth-order valence-corrected chi connectivity index (χ4v) is 3.01. The largest absolute Gasteiger partial charge is 0.404 e. The van der Waals surface area contributed by atoms with Gasteiger partial charge in [0.2, 0.25) is 0 Å². The van der Waals surface area contributed by atoms with Crippen LogP contribution in [0.5, 0.6) is 0 Å². The van der Waals surface area contributed by atoms with Crippen molar-refractivity contribution in [2.24, 2.45) is 11.7 Å². The number of hydrogen-bond donors (Lipinski definition) is 3. The van der Waals surface area contributed by atoms with E-state index in [1.807, 2.05) is 13.0 Å². The zero-order chi connectivity index (χ0) is 14.8. The molecule has 0 radical (unpaired) electrons. The molecule has 2 unspecified atom stereocenters. The third-order valence-electron chi connectivity index (χ3n) is 4.38. The van der Waals surface area contributed by atoms with Crippen molar-refractivity contribution in [1.29, 1.82) is 0 Å². The lowest BCUT2D eigenvalue weighted by atomic mass is 9.90. The van der Waals surface area contributed by atoms with Gasteiger partial charge in [-0.1, -0.05) is 38.3 Å². The van der Waals surface area contributed by atoms with E-state index in [2.05, 4.69) is 18.3 Å². The van der Waals surface area contributed by atoms with Crippen LogP contribution in [0.15, 0.2) is 23.9 Å². The molecular weight excluding hydrogens is 248 g/mol. The Morgan fingerprint density at radius 3 is 2.60 bits per heavy atom. The van der Waals surface area contributed by atoms with Crippen LogP contribution < -0.4 is 11.1 Å². The molecule has 0 aromatic carbocycles. The summed E-state index contributed by atoms with van der Waals surface area (Å²) >= 11 is 0. The van der Waals surface area contributed by atoms with Gasteiger partial charge in [-0.15, -0.1) is 0 Å². The quantitative estimate of drug-likeness (QED) is 0.599. The summed E-state index contributed by atoms with van der Waals surface area (Å²) in [7, 11) is 0. The Morgan fingerprint density at radius 1 is 1.35 bits per heavy atom. The SMILES string of the molecule is CCC(NC1CCCCC1)C(CO)C/C=C\C(C)=C/N. The lowest BCUT2D eigenvalue weighted by Crippen LogP contribution is -2.44. The number of aliphatic hydroxyl groups excluding tert-OH is 1. The van der Waals surface area contributed by atoms with Crippen molar-refractivity contribution in [1.82, 2.24) is 5.32 Å². The molecule has 1 aliphatic carbocycles. The number of allylic oxidation sites excluding steroid dienone is 3. The Balaban J connectivity index is 2.48. The molecule has 1 rings (SSSR count). The summed E-state index contributed by atoms with van der Waals surface area (Å²) in [5, 5.41) is 13.4. The molecule has 2 atom stereocenters. The number of hydrogen-bond acceptors (Lipinski definition) is 3. The van der Waals surface area contributed by atoms with Crippen molar-refractivity contribution in [2.45, 2.75) is 70.9 Å². The molecular formula is C17H32N2O. The molecule has 0 aromatic rings. The van der Waals surface area contributed by atoms with Gasteiger partial charge in [-0.25, -0.2) is 0 Å². The van der Waals surface area contributed by atoms with Gasteiger partial charge in [0, 0.05) is 24.6 Å². The third kappa shape index (κ3) is 6.10. The van der Waals surface area contributed by atoms with Crippen LogP contribution in [0.2, 0.25) is 0 Å².